The fourth-order valence-electron chi connectivity index (χ4n) is 3.95. The van der Waals surface area contributed by atoms with E-state index in [1.54, 1.807) is 16.2 Å². The van der Waals surface area contributed by atoms with E-state index in [-0.39, 0.29) is 17.9 Å². The van der Waals surface area contributed by atoms with Crippen molar-refractivity contribution >= 4 is 23.2 Å². The molecule has 0 saturated carbocycles. The van der Waals surface area contributed by atoms with Gasteiger partial charge < -0.3 is 10.2 Å². The van der Waals surface area contributed by atoms with Gasteiger partial charge in [-0.1, -0.05) is 44.2 Å². The van der Waals surface area contributed by atoms with Gasteiger partial charge in [0, 0.05) is 30.6 Å². The summed E-state index contributed by atoms with van der Waals surface area (Å²) >= 11 is 1.64. The van der Waals surface area contributed by atoms with Crippen LogP contribution in [0.2, 0.25) is 0 Å². The van der Waals surface area contributed by atoms with E-state index in [0.717, 1.165) is 22.8 Å². The van der Waals surface area contributed by atoms with Crippen molar-refractivity contribution in [2.45, 2.75) is 38.9 Å². The Bertz CT molecular complexity index is 851. The van der Waals surface area contributed by atoms with E-state index in [1.807, 2.05) is 18.2 Å². The highest BCUT2D eigenvalue weighted by Crippen LogP contribution is 2.24. The first-order valence-corrected chi connectivity index (χ1v) is 10.7. The highest BCUT2D eigenvalue weighted by molar-refractivity contribution is 7.09. The Morgan fingerprint density at radius 1 is 1.21 bits per heavy atom. The molecule has 2 saturated heterocycles. The second-order valence-electron chi connectivity index (χ2n) is 7.97. The molecule has 2 aromatic rings. The van der Waals surface area contributed by atoms with Gasteiger partial charge in [-0.25, -0.2) is 4.98 Å². The third kappa shape index (κ3) is 3.95. The van der Waals surface area contributed by atoms with Gasteiger partial charge >= 0.3 is 0 Å². The SMILES string of the molecule is CC(C)C[C@H]1NC(=O)[C@H]2CN(Cc3nc(-c4ccccc4)cs3)CCN2C1=O. The monoisotopic (exact) mass is 398 g/mol. The molecule has 0 aliphatic carbocycles. The molecular formula is C21H26N4O2S. The predicted molar refractivity (Wildman–Crippen MR) is 110 cm³/mol. The van der Waals surface area contributed by atoms with E-state index in [9.17, 15) is 9.59 Å². The van der Waals surface area contributed by atoms with Crippen LogP contribution in [0.15, 0.2) is 35.7 Å². The minimum absolute atomic E-state index is 0.0286. The van der Waals surface area contributed by atoms with Crippen molar-refractivity contribution in [1.82, 2.24) is 20.1 Å². The predicted octanol–water partition coefficient (Wildman–Crippen LogP) is 2.37. The number of rotatable bonds is 5. The van der Waals surface area contributed by atoms with E-state index >= 15 is 0 Å². The van der Waals surface area contributed by atoms with E-state index in [1.165, 1.54) is 0 Å². The molecule has 148 valence electrons. The van der Waals surface area contributed by atoms with Crippen molar-refractivity contribution < 1.29 is 9.59 Å². The van der Waals surface area contributed by atoms with Crippen LogP contribution in [-0.4, -0.2) is 58.3 Å². The highest BCUT2D eigenvalue weighted by atomic mass is 32.1. The van der Waals surface area contributed by atoms with Gasteiger partial charge in [-0.2, -0.15) is 0 Å². The second-order valence-corrected chi connectivity index (χ2v) is 8.91. The number of thiazole rings is 1. The fourth-order valence-corrected chi connectivity index (χ4v) is 4.79. The van der Waals surface area contributed by atoms with E-state index in [2.05, 4.69) is 41.6 Å². The smallest absolute Gasteiger partial charge is 0.245 e. The van der Waals surface area contributed by atoms with Crippen LogP contribution in [0.3, 0.4) is 0 Å². The second kappa shape index (κ2) is 8.01. The molecule has 2 aliphatic rings. The van der Waals surface area contributed by atoms with Gasteiger partial charge in [-0.15, -0.1) is 11.3 Å². The molecule has 0 radical (unpaired) electrons. The summed E-state index contributed by atoms with van der Waals surface area (Å²) in [5.74, 6) is 0.411. The lowest BCUT2D eigenvalue weighted by atomic mass is 9.97. The van der Waals surface area contributed by atoms with Crippen LogP contribution < -0.4 is 5.32 Å². The number of nitrogens with zero attached hydrogens (tertiary/aromatic N) is 3. The first-order valence-electron chi connectivity index (χ1n) is 9.84. The van der Waals surface area contributed by atoms with Crippen LogP contribution in [0.4, 0.5) is 0 Å². The van der Waals surface area contributed by atoms with Crippen molar-refractivity contribution in [2.75, 3.05) is 19.6 Å². The first kappa shape index (κ1) is 19.1. The number of carbonyl (C=O) groups excluding carboxylic acids is 2. The molecule has 3 heterocycles. The van der Waals surface area contributed by atoms with Gasteiger partial charge in [0.1, 0.15) is 17.1 Å². The lowest BCUT2D eigenvalue weighted by Gasteiger charge is -2.45. The molecule has 0 bridgehead atoms. The van der Waals surface area contributed by atoms with Gasteiger partial charge in [0.25, 0.3) is 0 Å². The van der Waals surface area contributed by atoms with Gasteiger partial charge in [-0.3, -0.25) is 14.5 Å². The van der Waals surface area contributed by atoms with Crippen molar-refractivity contribution in [2.24, 2.45) is 5.92 Å². The number of aromatic nitrogens is 1. The third-order valence-electron chi connectivity index (χ3n) is 5.35. The zero-order valence-electron chi connectivity index (χ0n) is 16.3. The average molecular weight is 399 g/mol. The van der Waals surface area contributed by atoms with Crippen LogP contribution in [0.5, 0.6) is 0 Å². The molecule has 0 spiro atoms. The largest absolute Gasteiger partial charge is 0.342 e. The molecule has 1 aromatic carbocycles. The van der Waals surface area contributed by atoms with Crippen LogP contribution >= 0.6 is 11.3 Å². The molecule has 28 heavy (non-hydrogen) atoms. The van der Waals surface area contributed by atoms with E-state index in [0.29, 0.717) is 32.0 Å². The average Bonchev–Trinajstić information content (AvgIpc) is 3.15. The Labute approximate surface area is 169 Å². The van der Waals surface area contributed by atoms with Gasteiger partial charge in [0.15, 0.2) is 0 Å². The molecule has 0 unspecified atom stereocenters. The molecule has 1 N–H and O–H groups in total. The molecule has 4 rings (SSSR count). The van der Waals surface area contributed by atoms with Crippen LogP contribution in [-0.2, 0) is 16.1 Å². The Kier molecular flexibility index (Phi) is 5.46. The lowest BCUT2D eigenvalue weighted by Crippen LogP contribution is -2.69. The zero-order chi connectivity index (χ0) is 19.7. The summed E-state index contributed by atoms with van der Waals surface area (Å²) in [4.78, 5) is 34.1. The maximum Gasteiger partial charge on any atom is 0.245 e. The number of carbonyl (C=O) groups is 2. The fraction of sp³-hybridized carbons (Fsp3) is 0.476. The zero-order valence-corrected chi connectivity index (χ0v) is 17.1. The third-order valence-corrected chi connectivity index (χ3v) is 6.19. The summed E-state index contributed by atoms with van der Waals surface area (Å²) < 4.78 is 0. The molecule has 7 heteroatoms. The molecule has 1 aromatic heterocycles. The van der Waals surface area contributed by atoms with Crippen LogP contribution in [0.25, 0.3) is 11.3 Å². The molecule has 2 fully saturated rings. The maximum absolute atomic E-state index is 12.7. The lowest BCUT2D eigenvalue weighted by molar-refractivity contribution is -0.153. The van der Waals surface area contributed by atoms with Crippen molar-refractivity contribution in [3.8, 4) is 11.3 Å². The normalized spacial score (nSPS) is 23.0. The molecular weight excluding hydrogens is 372 g/mol. The Hall–Kier alpha value is -2.25. The summed E-state index contributed by atoms with van der Waals surface area (Å²) in [5, 5.41) is 6.05. The number of hydrogen-bond acceptors (Lipinski definition) is 5. The summed E-state index contributed by atoms with van der Waals surface area (Å²) in [7, 11) is 0. The minimum atomic E-state index is -0.391. The first-order chi connectivity index (χ1) is 13.5. The number of amides is 2. The standard InChI is InChI=1S/C21H26N4O2S/c1-14(2)10-16-21(27)25-9-8-24(11-18(25)20(26)23-16)12-19-22-17(13-28-19)15-6-4-3-5-7-15/h3-7,13-14,16,18H,8-12H2,1-2H3,(H,23,26)/t16-,18-/m1/s1. The van der Waals surface area contributed by atoms with E-state index in [4.69, 9.17) is 4.98 Å². The van der Waals surface area contributed by atoms with E-state index < -0.39 is 6.04 Å². The summed E-state index contributed by atoms with van der Waals surface area (Å²) in [5.41, 5.74) is 2.10. The van der Waals surface area contributed by atoms with Gasteiger partial charge in [0.05, 0.1) is 12.2 Å². The Morgan fingerprint density at radius 2 is 2.00 bits per heavy atom. The minimum Gasteiger partial charge on any atom is -0.342 e. The number of nitrogens with one attached hydrogen (secondary N) is 1. The maximum atomic E-state index is 12.7. The molecule has 2 atom stereocenters. The summed E-state index contributed by atoms with van der Waals surface area (Å²) in [6.45, 7) is 6.78. The summed E-state index contributed by atoms with van der Waals surface area (Å²) in [6, 6.07) is 9.38. The Balaban J connectivity index is 1.40. The van der Waals surface area contributed by atoms with Crippen molar-refractivity contribution in [3.63, 3.8) is 0 Å². The van der Waals surface area contributed by atoms with Crippen LogP contribution in [0, 0.1) is 5.92 Å². The number of hydrogen-bond donors (Lipinski definition) is 1. The number of piperazine rings is 2. The number of fused-ring (bicyclic) bond motifs is 1. The van der Waals surface area contributed by atoms with Gasteiger partial charge in [0.2, 0.25) is 11.8 Å². The van der Waals surface area contributed by atoms with Crippen molar-refractivity contribution in [1.29, 1.82) is 0 Å². The topological polar surface area (TPSA) is 65.5 Å². The number of benzene rings is 1. The highest BCUT2D eigenvalue weighted by Gasteiger charge is 2.43. The summed E-state index contributed by atoms with van der Waals surface area (Å²) in [6.07, 6.45) is 0.693. The quantitative estimate of drug-likeness (QED) is 0.840. The Morgan fingerprint density at radius 3 is 2.75 bits per heavy atom. The molecule has 2 aliphatic heterocycles. The van der Waals surface area contributed by atoms with Crippen molar-refractivity contribution in [3.05, 3.63) is 40.7 Å². The van der Waals surface area contributed by atoms with Crippen LogP contribution in [0.1, 0.15) is 25.3 Å². The molecule has 6 nitrogen and oxygen atoms in total. The van der Waals surface area contributed by atoms with Gasteiger partial charge in [-0.05, 0) is 12.3 Å². The molecule has 2 amide bonds.